The maximum absolute atomic E-state index is 9.71. The van der Waals surface area contributed by atoms with Gasteiger partial charge in [-0.3, -0.25) is 4.90 Å². The van der Waals surface area contributed by atoms with E-state index in [9.17, 15) is 5.11 Å². The van der Waals surface area contributed by atoms with Gasteiger partial charge in [0.25, 0.3) is 0 Å². The zero-order chi connectivity index (χ0) is 10.1. The maximum atomic E-state index is 9.71. The zero-order valence-corrected chi connectivity index (χ0v) is 9.15. The van der Waals surface area contributed by atoms with E-state index in [1.807, 2.05) is 0 Å². The van der Waals surface area contributed by atoms with E-state index in [-0.39, 0.29) is 6.04 Å². The molecule has 0 amide bonds. The molecule has 2 aliphatic rings. The van der Waals surface area contributed by atoms with E-state index in [2.05, 4.69) is 11.9 Å². The van der Waals surface area contributed by atoms with Crippen LogP contribution >= 0.6 is 0 Å². The van der Waals surface area contributed by atoms with Gasteiger partial charge in [0.05, 0.1) is 6.04 Å². The number of aliphatic hydroxyl groups excluding tert-OH is 1. The van der Waals surface area contributed by atoms with Crippen molar-refractivity contribution >= 4 is 0 Å². The highest BCUT2D eigenvalue weighted by atomic mass is 16.6. The summed E-state index contributed by atoms with van der Waals surface area (Å²) in [6.07, 6.45) is 5.85. The normalized spacial score (nSPS) is 40.9. The first-order valence-electron chi connectivity index (χ1n) is 5.67. The van der Waals surface area contributed by atoms with Gasteiger partial charge < -0.3 is 9.84 Å². The van der Waals surface area contributed by atoms with E-state index in [0.29, 0.717) is 6.04 Å². The Morgan fingerprint density at radius 1 is 1.36 bits per heavy atom. The molecule has 0 bridgehead atoms. The standard InChI is InChI=1S/C11H21NO2/c1-12-9-6-4-3-5-8(9)7-10(12)11(13)14-2/h8-11,13H,3-7H2,1-2H3/t8?,9?,10-,11?/m0/s1. The molecular formula is C11H21NO2. The summed E-state index contributed by atoms with van der Waals surface area (Å²) in [4.78, 5) is 2.33. The van der Waals surface area contributed by atoms with Gasteiger partial charge in [0.1, 0.15) is 0 Å². The van der Waals surface area contributed by atoms with Crippen LogP contribution in [0.3, 0.4) is 0 Å². The number of rotatable bonds is 2. The van der Waals surface area contributed by atoms with Crippen LogP contribution in [0, 0.1) is 5.92 Å². The monoisotopic (exact) mass is 199 g/mol. The second kappa shape index (κ2) is 4.17. The molecule has 0 aromatic carbocycles. The van der Waals surface area contributed by atoms with E-state index in [1.54, 1.807) is 7.11 Å². The molecule has 0 radical (unpaired) electrons. The molecular weight excluding hydrogens is 178 g/mol. The average Bonchev–Trinajstić information content (AvgIpc) is 2.56. The van der Waals surface area contributed by atoms with E-state index in [0.717, 1.165) is 12.3 Å². The van der Waals surface area contributed by atoms with Gasteiger partial charge in [-0.15, -0.1) is 0 Å². The van der Waals surface area contributed by atoms with Crippen molar-refractivity contribution in [2.24, 2.45) is 5.92 Å². The summed E-state index contributed by atoms with van der Waals surface area (Å²) >= 11 is 0. The number of methoxy groups -OCH3 is 1. The molecule has 1 aliphatic heterocycles. The van der Waals surface area contributed by atoms with Gasteiger partial charge in [0, 0.05) is 13.2 Å². The van der Waals surface area contributed by atoms with E-state index >= 15 is 0 Å². The van der Waals surface area contributed by atoms with Crippen molar-refractivity contribution in [2.75, 3.05) is 14.2 Å². The fourth-order valence-electron chi connectivity index (χ4n) is 3.20. The second-order valence-corrected chi connectivity index (χ2v) is 4.71. The summed E-state index contributed by atoms with van der Waals surface area (Å²) in [6, 6.07) is 0.909. The Labute approximate surface area is 86.0 Å². The molecule has 3 nitrogen and oxygen atoms in total. The van der Waals surface area contributed by atoms with Crippen molar-refractivity contribution < 1.29 is 9.84 Å². The van der Waals surface area contributed by atoms with Gasteiger partial charge in [0.2, 0.25) is 0 Å². The molecule has 1 saturated heterocycles. The van der Waals surface area contributed by atoms with Crippen LogP contribution in [-0.4, -0.2) is 42.5 Å². The predicted octanol–water partition coefficient (Wildman–Crippen LogP) is 1.21. The van der Waals surface area contributed by atoms with Crippen molar-refractivity contribution in [1.29, 1.82) is 0 Å². The third-order valence-corrected chi connectivity index (χ3v) is 4.03. The van der Waals surface area contributed by atoms with Crippen LogP contribution in [0.4, 0.5) is 0 Å². The smallest absolute Gasteiger partial charge is 0.169 e. The Bertz CT molecular complexity index is 198. The first kappa shape index (κ1) is 10.4. The highest BCUT2D eigenvalue weighted by molar-refractivity contribution is 4.95. The minimum atomic E-state index is -0.606. The fraction of sp³-hybridized carbons (Fsp3) is 1.00. The van der Waals surface area contributed by atoms with Crippen LogP contribution in [0.15, 0.2) is 0 Å². The molecule has 0 aromatic rings. The molecule has 2 rings (SSSR count). The van der Waals surface area contributed by atoms with E-state index in [1.165, 1.54) is 25.7 Å². The van der Waals surface area contributed by atoms with Gasteiger partial charge in [-0.25, -0.2) is 0 Å². The summed E-state index contributed by atoms with van der Waals surface area (Å²) < 4.78 is 5.02. The Morgan fingerprint density at radius 2 is 2.07 bits per heavy atom. The van der Waals surface area contributed by atoms with Gasteiger partial charge >= 0.3 is 0 Å². The molecule has 1 N–H and O–H groups in total. The van der Waals surface area contributed by atoms with Crippen molar-refractivity contribution in [2.45, 2.75) is 50.5 Å². The van der Waals surface area contributed by atoms with Gasteiger partial charge in [-0.2, -0.15) is 0 Å². The Morgan fingerprint density at radius 3 is 2.71 bits per heavy atom. The van der Waals surface area contributed by atoms with Crippen LogP contribution < -0.4 is 0 Å². The molecule has 2 fully saturated rings. The fourth-order valence-corrected chi connectivity index (χ4v) is 3.20. The number of hydrogen-bond acceptors (Lipinski definition) is 3. The lowest BCUT2D eigenvalue weighted by atomic mass is 9.85. The molecule has 14 heavy (non-hydrogen) atoms. The van der Waals surface area contributed by atoms with Gasteiger partial charge in [0.15, 0.2) is 6.29 Å². The predicted molar refractivity (Wildman–Crippen MR) is 54.9 cm³/mol. The number of nitrogens with zero attached hydrogens (tertiary/aromatic N) is 1. The third kappa shape index (κ3) is 1.69. The highest BCUT2D eigenvalue weighted by Gasteiger charge is 2.42. The van der Waals surface area contributed by atoms with Crippen molar-refractivity contribution in [3.05, 3.63) is 0 Å². The van der Waals surface area contributed by atoms with Crippen LogP contribution in [-0.2, 0) is 4.74 Å². The van der Waals surface area contributed by atoms with Crippen molar-refractivity contribution in [3.8, 4) is 0 Å². The third-order valence-electron chi connectivity index (χ3n) is 4.03. The first-order valence-corrected chi connectivity index (χ1v) is 5.67. The molecule has 1 saturated carbocycles. The molecule has 3 heteroatoms. The Kier molecular flexibility index (Phi) is 3.10. The lowest BCUT2D eigenvalue weighted by Crippen LogP contribution is -2.41. The number of likely N-dealkylation sites (tertiary alicyclic amines) is 1. The van der Waals surface area contributed by atoms with Crippen LogP contribution in [0.5, 0.6) is 0 Å². The largest absolute Gasteiger partial charge is 0.367 e. The first-order chi connectivity index (χ1) is 6.74. The topological polar surface area (TPSA) is 32.7 Å². The Balaban J connectivity index is 2.02. The van der Waals surface area contributed by atoms with Crippen LogP contribution in [0.25, 0.3) is 0 Å². The SMILES string of the molecule is COC(O)[C@@H]1CC2CCCCC2N1C. The number of fused-ring (bicyclic) bond motifs is 1. The lowest BCUT2D eigenvalue weighted by molar-refractivity contribution is -0.116. The summed E-state index contributed by atoms with van der Waals surface area (Å²) in [5, 5.41) is 9.71. The van der Waals surface area contributed by atoms with Crippen LogP contribution in [0.1, 0.15) is 32.1 Å². The van der Waals surface area contributed by atoms with Crippen molar-refractivity contribution in [1.82, 2.24) is 4.90 Å². The molecule has 82 valence electrons. The molecule has 4 atom stereocenters. The second-order valence-electron chi connectivity index (χ2n) is 4.71. The average molecular weight is 199 g/mol. The summed E-state index contributed by atoms with van der Waals surface area (Å²) in [5.41, 5.74) is 0. The van der Waals surface area contributed by atoms with Crippen LogP contribution in [0.2, 0.25) is 0 Å². The molecule has 3 unspecified atom stereocenters. The molecule has 1 aliphatic carbocycles. The summed E-state index contributed by atoms with van der Waals surface area (Å²) in [6.45, 7) is 0. The number of aliphatic hydroxyl groups is 1. The van der Waals surface area contributed by atoms with Gasteiger partial charge in [-0.1, -0.05) is 12.8 Å². The highest BCUT2D eigenvalue weighted by Crippen LogP contribution is 2.39. The minimum absolute atomic E-state index is 0.216. The molecule has 0 spiro atoms. The minimum Gasteiger partial charge on any atom is -0.367 e. The number of likely N-dealkylation sites (N-methyl/N-ethyl adjacent to an activating group) is 1. The number of ether oxygens (including phenoxy) is 1. The quantitative estimate of drug-likeness (QED) is 0.679. The van der Waals surface area contributed by atoms with Gasteiger partial charge in [-0.05, 0) is 32.2 Å². The molecule has 1 heterocycles. The van der Waals surface area contributed by atoms with Crippen molar-refractivity contribution in [3.63, 3.8) is 0 Å². The summed E-state index contributed by atoms with van der Waals surface area (Å²) in [5.74, 6) is 0.795. The summed E-state index contributed by atoms with van der Waals surface area (Å²) in [7, 11) is 3.71. The molecule has 0 aromatic heterocycles. The Hall–Kier alpha value is -0.120. The van der Waals surface area contributed by atoms with E-state index < -0.39 is 6.29 Å². The zero-order valence-electron chi connectivity index (χ0n) is 9.15. The lowest BCUT2D eigenvalue weighted by Gasteiger charge is -2.31. The maximum Gasteiger partial charge on any atom is 0.169 e. The number of hydrogen-bond donors (Lipinski definition) is 1. The van der Waals surface area contributed by atoms with E-state index in [4.69, 9.17) is 4.74 Å².